The summed E-state index contributed by atoms with van der Waals surface area (Å²) in [5.74, 6) is 0.420. The van der Waals surface area contributed by atoms with Gasteiger partial charge in [-0.25, -0.2) is 9.78 Å². The average molecular weight is 703 g/mol. The molecule has 0 fully saturated rings. The molecule has 43 heavy (non-hydrogen) atoms. The van der Waals surface area contributed by atoms with E-state index in [1.165, 1.54) is 30.1 Å². The molecule has 6 aromatic rings. The molecule has 0 aliphatic carbocycles. The number of carbonyl (C=O) groups is 1. The highest BCUT2D eigenvalue weighted by atomic mass is 79.9. The third-order valence-electron chi connectivity index (χ3n) is 6.62. The molecule has 0 unspecified atom stereocenters. The summed E-state index contributed by atoms with van der Waals surface area (Å²) in [7, 11) is 1.52. The molecule has 0 bridgehead atoms. The molecule has 2 aromatic heterocycles. The summed E-state index contributed by atoms with van der Waals surface area (Å²) in [5, 5.41) is 15.0. The minimum Gasteiger partial charge on any atom is -0.493 e. The molecule has 0 saturated heterocycles. The number of rotatable bonds is 8. The fourth-order valence-corrected chi connectivity index (χ4v) is 5.36. The topological polar surface area (TPSA) is 116 Å². The van der Waals surface area contributed by atoms with Crippen molar-refractivity contribution in [3.63, 3.8) is 0 Å². The number of aromatic nitrogens is 2. The molecule has 0 amide bonds. The predicted octanol–water partition coefficient (Wildman–Crippen LogP) is 7.50. The lowest BCUT2D eigenvalue weighted by Crippen LogP contribution is -2.20. The van der Waals surface area contributed by atoms with Crippen molar-refractivity contribution in [1.82, 2.24) is 9.66 Å². The molecule has 0 aliphatic heterocycles. The van der Waals surface area contributed by atoms with Gasteiger partial charge in [-0.1, -0.05) is 56.1 Å². The number of hydrogen-bond donors (Lipinski definition) is 1. The SMILES string of the molecule is COc1cc(Br)cc(C=Nn2c(-c3cc4cc(Br)ccc4o3)nc3ccccc3c2=O)c1OCc1ccc(C(=O)O)cc1. The van der Waals surface area contributed by atoms with Gasteiger partial charge in [0.05, 0.1) is 29.8 Å². The van der Waals surface area contributed by atoms with Crippen LogP contribution < -0.4 is 15.0 Å². The zero-order valence-electron chi connectivity index (χ0n) is 22.5. The second-order valence-electron chi connectivity index (χ2n) is 9.42. The first kappa shape index (κ1) is 28.4. The van der Waals surface area contributed by atoms with Gasteiger partial charge in [-0.05, 0) is 66.2 Å². The number of aromatic carboxylic acids is 1. The molecule has 9 nitrogen and oxygen atoms in total. The van der Waals surface area contributed by atoms with Crippen LogP contribution in [0.4, 0.5) is 0 Å². The summed E-state index contributed by atoms with van der Waals surface area (Å²) in [6.07, 6.45) is 1.50. The number of ether oxygens (including phenoxy) is 2. The number of fused-ring (bicyclic) bond motifs is 2. The molecule has 11 heteroatoms. The van der Waals surface area contributed by atoms with Crippen molar-refractivity contribution in [2.45, 2.75) is 6.61 Å². The van der Waals surface area contributed by atoms with E-state index in [0.29, 0.717) is 43.8 Å². The van der Waals surface area contributed by atoms with Gasteiger partial charge in [-0.2, -0.15) is 9.78 Å². The van der Waals surface area contributed by atoms with Crippen LogP contribution in [-0.2, 0) is 6.61 Å². The van der Waals surface area contributed by atoms with Crippen LogP contribution in [0.5, 0.6) is 11.5 Å². The first-order valence-electron chi connectivity index (χ1n) is 12.9. The first-order chi connectivity index (χ1) is 20.8. The second-order valence-corrected chi connectivity index (χ2v) is 11.3. The van der Waals surface area contributed by atoms with E-state index in [2.05, 4.69) is 37.0 Å². The van der Waals surface area contributed by atoms with Crippen LogP contribution in [0, 0.1) is 0 Å². The van der Waals surface area contributed by atoms with E-state index >= 15 is 0 Å². The zero-order valence-corrected chi connectivity index (χ0v) is 25.6. The van der Waals surface area contributed by atoms with Gasteiger partial charge in [0.15, 0.2) is 17.3 Å². The van der Waals surface area contributed by atoms with Crippen LogP contribution in [-0.4, -0.2) is 34.1 Å². The number of methoxy groups -OCH3 is 1. The summed E-state index contributed by atoms with van der Waals surface area (Å²) >= 11 is 6.99. The van der Waals surface area contributed by atoms with E-state index in [1.54, 1.807) is 42.5 Å². The van der Waals surface area contributed by atoms with Crippen molar-refractivity contribution in [2.75, 3.05) is 7.11 Å². The summed E-state index contributed by atoms with van der Waals surface area (Å²) < 4.78 is 20.6. The summed E-state index contributed by atoms with van der Waals surface area (Å²) in [6, 6.07) is 24.4. The van der Waals surface area contributed by atoms with Crippen LogP contribution in [0.2, 0.25) is 0 Å². The molecule has 0 radical (unpaired) electrons. The lowest BCUT2D eigenvalue weighted by Gasteiger charge is -2.14. The highest BCUT2D eigenvalue weighted by Gasteiger charge is 2.18. The van der Waals surface area contributed by atoms with E-state index < -0.39 is 5.97 Å². The van der Waals surface area contributed by atoms with Crippen molar-refractivity contribution in [3.05, 3.63) is 121 Å². The number of carboxylic acids is 1. The Labute approximate surface area is 261 Å². The molecule has 0 atom stereocenters. The van der Waals surface area contributed by atoms with Crippen molar-refractivity contribution < 1.29 is 23.8 Å². The quantitative estimate of drug-likeness (QED) is 0.163. The average Bonchev–Trinajstić information content (AvgIpc) is 3.43. The Hall–Kier alpha value is -4.74. The molecule has 4 aromatic carbocycles. The van der Waals surface area contributed by atoms with Gasteiger partial charge in [0.1, 0.15) is 12.2 Å². The zero-order chi connectivity index (χ0) is 30.1. The molecule has 2 heterocycles. The van der Waals surface area contributed by atoms with Crippen molar-refractivity contribution in [1.29, 1.82) is 0 Å². The van der Waals surface area contributed by atoms with Crippen LogP contribution in [0.3, 0.4) is 0 Å². The van der Waals surface area contributed by atoms with Crippen molar-refractivity contribution >= 4 is 65.9 Å². The minimum absolute atomic E-state index is 0.135. The molecule has 1 N–H and O–H groups in total. The largest absolute Gasteiger partial charge is 0.493 e. The fourth-order valence-electron chi connectivity index (χ4n) is 4.52. The lowest BCUT2D eigenvalue weighted by molar-refractivity contribution is 0.0697. The van der Waals surface area contributed by atoms with Gasteiger partial charge in [0.2, 0.25) is 5.82 Å². The summed E-state index contributed by atoms with van der Waals surface area (Å²) in [4.78, 5) is 29.7. The smallest absolute Gasteiger partial charge is 0.335 e. The molecular weight excluding hydrogens is 682 g/mol. The fraction of sp³-hybridized carbons (Fsp3) is 0.0625. The Morgan fingerprint density at radius 3 is 2.58 bits per heavy atom. The van der Waals surface area contributed by atoms with E-state index in [-0.39, 0.29) is 23.6 Å². The number of para-hydroxylation sites is 1. The standard InChI is InChI=1S/C32H21Br2N3O6/c1-41-27-15-23(34)13-21(29(27)42-17-18-6-8-19(9-7-18)32(39)40)16-35-37-30(36-25-5-3-2-4-24(25)31(37)38)28-14-20-12-22(33)10-11-26(20)43-28/h2-16H,17H2,1H3,(H,39,40). The Bertz CT molecular complexity index is 2100. The maximum absolute atomic E-state index is 13.7. The van der Waals surface area contributed by atoms with E-state index in [1.807, 2.05) is 30.3 Å². The summed E-state index contributed by atoms with van der Waals surface area (Å²) in [6.45, 7) is 0.135. The second kappa shape index (κ2) is 11.9. The van der Waals surface area contributed by atoms with Gasteiger partial charge in [-0.15, -0.1) is 0 Å². The molecule has 6 rings (SSSR count). The van der Waals surface area contributed by atoms with Gasteiger partial charge >= 0.3 is 5.97 Å². The van der Waals surface area contributed by atoms with Gasteiger partial charge < -0.3 is 19.0 Å². The Morgan fingerprint density at radius 1 is 1.02 bits per heavy atom. The molecule has 0 saturated carbocycles. The van der Waals surface area contributed by atoms with Crippen LogP contribution >= 0.6 is 31.9 Å². The third kappa shape index (κ3) is 5.81. The Balaban J connectivity index is 1.44. The number of nitrogens with zero attached hydrogens (tertiary/aromatic N) is 3. The molecule has 0 aliphatic rings. The van der Waals surface area contributed by atoms with Gasteiger partial charge in [0.25, 0.3) is 5.56 Å². The van der Waals surface area contributed by atoms with E-state index in [0.717, 1.165) is 15.4 Å². The number of halogens is 2. The number of benzene rings is 4. The number of hydrogen-bond acceptors (Lipinski definition) is 7. The van der Waals surface area contributed by atoms with Gasteiger partial charge in [0, 0.05) is 19.9 Å². The number of carboxylic acid groups (broad SMARTS) is 1. The maximum atomic E-state index is 13.7. The molecule has 0 spiro atoms. The molecular formula is C32H21Br2N3O6. The van der Waals surface area contributed by atoms with Crippen LogP contribution in [0.25, 0.3) is 33.5 Å². The van der Waals surface area contributed by atoms with Crippen LogP contribution in [0.1, 0.15) is 21.5 Å². The minimum atomic E-state index is -1.01. The lowest BCUT2D eigenvalue weighted by atomic mass is 10.1. The normalized spacial score (nSPS) is 11.4. The van der Waals surface area contributed by atoms with Crippen molar-refractivity contribution in [2.24, 2.45) is 5.10 Å². The van der Waals surface area contributed by atoms with Crippen LogP contribution in [0.15, 0.2) is 108 Å². The highest BCUT2D eigenvalue weighted by molar-refractivity contribution is 9.10. The van der Waals surface area contributed by atoms with Gasteiger partial charge in [-0.3, -0.25) is 4.79 Å². The molecule has 214 valence electrons. The van der Waals surface area contributed by atoms with E-state index in [9.17, 15) is 14.7 Å². The van der Waals surface area contributed by atoms with E-state index in [4.69, 9.17) is 18.9 Å². The Morgan fingerprint density at radius 2 is 1.81 bits per heavy atom. The third-order valence-corrected chi connectivity index (χ3v) is 7.57. The summed E-state index contributed by atoms with van der Waals surface area (Å²) in [5.41, 5.74) is 2.23. The van der Waals surface area contributed by atoms with Crippen molar-refractivity contribution in [3.8, 4) is 23.1 Å². The Kier molecular flexibility index (Phi) is 7.83. The highest BCUT2D eigenvalue weighted by Crippen LogP contribution is 2.35. The number of furan rings is 1. The maximum Gasteiger partial charge on any atom is 0.335 e. The predicted molar refractivity (Wildman–Crippen MR) is 170 cm³/mol. The monoisotopic (exact) mass is 701 g/mol. The first-order valence-corrected chi connectivity index (χ1v) is 14.5.